The molecule has 46 valence electrons. The number of epoxide rings is 1. The maximum Gasteiger partial charge on any atom is 0.115 e. The van der Waals surface area contributed by atoms with Gasteiger partial charge < -0.3 is 9.47 Å². The van der Waals surface area contributed by atoms with Crippen LogP contribution >= 0.6 is 0 Å². The molecule has 2 nitrogen and oxygen atoms in total. The van der Waals surface area contributed by atoms with Gasteiger partial charge in [0.2, 0.25) is 0 Å². The van der Waals surface area contributed by atoms with Gasteiger partial charge in [0.05, 0.1) is 12.2 Å². The fourth-order valence-electron chi connectivity index (χ4n) is 1.26. The molecule has 0 aromatic rings. The summed E-state index contributed by atoms with van der Waals surface area (Å²) >= 11 is 0. The summed E-state index contributed by atoms with van der Waals surface area (Å²) in [6, 6.07) is 0. The van der Waals surface area contributed by atoms with Crippen molar-refractivity contribution in [1.29, 1.82) is 0 Å². The molecule has 0 radical (unpaired) electrons. The van der Waals surface area contributed by atoms with Crippen LogP contribution in [0.15, 0.2) is 0 Å². The van der Waals surface area contributed by atoms with Crippen molar-refractivity contribution in [3.63, 3.8) is 0 Å². The first-order chi connectivity index (χ1) is 3.70. The summed E-state index contributed by atoms with van der Waals surface area (Å²) in [5.74, 6) is 0. The SMILES string of the molecule is CC1(C)OC[C@H]2O[C@@H]21. The van der Waals surface area contributed by atoms with Crippen LogP contribution in [0.3, 0.4) is 0 Å². The van der Waals surface area contributed by atoms with Crippen molar-refractivity contribution in [2.45, 2.75) is 31.7 Å². The summed E-state index contributed by atoms with van der Waals surface area (Å²) in [7, 11) is 0. The first-order valence-corrected chi connectivity index (χ1v) is 2.99. The predicted octanol–water partition coefficient (Wildman–Crippen LogP) is 0.563. The average Bonchev–Trinajstić information content (AvgIpc) is 2.34. The molecule has 2 heterocycles. The molecule has 0 amide bonds. The van der Waals surface area contributed by atoms with Crippen LogP contribution < -0.4 is 0 Å². The fourth-order valence-corrected chi connectivity index (χ4v) is 1.26. The third kappa shape index (κ3) is 0.446. The first kappa shape index (κ1) is 4.77. The van der Waals surface area contributed by atoms with Gasteiger partial charge in [-0.2, -0.15) is 0 Å². The van der Waals surface area contributed by atoms with Gasteiger partial charge in [0.1, 0.15) is 12.2 Å². The van der Waals surface area contributed by atoms with Crippen molar-refractivity contribution >= 4 is 0 Å². The minimum absolute atomic E-state index is 0.00463. The zero-order valence-electron chi connectivity index (χ0n) is 5.18. The van der Waals surface area contributed by atoms with Crippen molar-refractivity contribution < 1.29 is 9.47 Å². The third-order valence-electron chi connectivity index (χ3n) is 1.89. The molecule has 0 aliphatic carbocycles. The predicted molar refractivity (Wildman–Crippen MR) is 28.7 cm³/mol. The molecule has 2 aliphatic heterocycles. The van der Waals surface area contributed by atoms with Crippen LogP contribution in [0.4, 0.5) is 0 Å². The highest BCUT2D eigenvalue weighted by molar-refractivity contribution is 5.02. The Morgan fingerprint density at radius 1 is 1.50 bits per heavy atom. The molecule has 2 saturated heterocycles. The monoisotopic (exact) mass is 114 g/mol. The van der Waals surface area contributed by atoms with E-state index in [1.807, 2.05) is 0 Å². The maximum atomic E-state index is 5.38. The van der Waals surface area contributed by atoms with Crippen LogP contribution in [0.25, 0.3) is 0 Å². The van der Waals surface area contributed by atoms with Gasteiger partial charge in [0, 0.05) is 0 Å². The molecule has 0 N–H and O–H groups in total. The highest BCUT2D eigenvalue weighted by Gasteiger charge is 2.56. The standard InChI is InChI=1S/C6H10O2/c1-6(2)5-4(8-5)3-7-6/h4-5H,3H2,1-2H3/t4-,5+/m1/s1. The van der Waals surface area contributed by atoms with E-state index in [0.717, 1.165) is 6.61 Å². The molecule has 0 aromatic carbocycles. The molecule has 2 atom stereocenters. The molecule has 2 heteroatoms. The minimum Gasteiger partial charge on any atom is -0.370 e. The van der Waals surface area contributed by atoms with Crippen molar-refractivity contribution in [2.24, 2.45) is 0 Å². The van der Waals surface area contributed by atoms with E-state index in [0.29, 0.717) is 12.2 Å². The Bertz CT molecular complexity index is 120. The van der Waals surface area contributed by atoms with E-state index < -0.39 is 0 Å². The molecular weight excluding hydrogens is 104 g/mol. The van der Waals surface area contributed by atoms with Crippen LogP contribution in [0.2, 0.25) is 0 Å². The molecule has 0 unspecified atom stereocenters. The lowest BCUT2D eigenvalue weighted by molar-refractivity contribution is -0.0335. The quantitative estimate of drug-likeness (QED) is 0.429. The Morgan fingerprint density at radius 3 is 2.38 bits per heavy atom. The normalized spacial score (nSPS) is 48.8. The lowest BCUT2D eigenvalue weighted by atomic mass is 10.1. The third-order valence-corrected chi connectivity index (χ3v) is 1.89. The smallest absolute Gasteiger partial charge is 0.115 e. The van der Waals surface area contributed by atoms with E-state index in [1.165, 1.54) is 0 Å². The molecule has 0 bridgehead atoms. The topological polar surface area (TPSA) is 21.8 Å². The molecule has 0 saturated carbocycles. The lowest BCUT2D eigenvalue weighted by Gasteiger charge is -2.17. The van der Waals surface area contributed by atoms with Gasteiger partial charge in [-0.3, -0.25) is 0 Å². The van der Waals surface area contributed by atoms with E-state index in [4.69, 9.17) is 9.47 Å². The van der Waals surface area contributed by atoms with Crippen LogP contribution in [0.1, 0.15) is 13.8 Å². The summed E-state index contributed by atoms with van der Waals surface area (Å²) < 4.78 is 10.6. The van der Waals surface area contributed by atoms with Crippen LogP contribution in [0, 0.1) is 0 Å². The Hall–Kier alpha value is -0.0800. The Balaban J connectivity index is 2.17. The number of fused-ring (bicyclic) bond motifs is 1. The largest absolute Gasteiger partial charge is 0.370 e. The van der Waals surface area contributed by atoms with E-state index in [2.05, 4.69) is 13.8 Å². The van der Waals surface area contributed by atoms with Crippen LogP contribution in [-0.4, -0.2) is 24.4 Å². The van der Waals surface area contributed by atoms with Gasteiger partial charge in [-0.05, 0) is 13.8 Å². The molecule has 2 fully saturated rings. The summed E-state index contributed by atoms with van der Waals surface area (Å²) in [6.07, 6.45) is 0.840. The van der Waals surface area contributed by atoms with Crippen LogP contribution in [-0.2, 0) is 9.47 Å². The zero-order valence-corrected chi connectivity index (χ0v) is 5.18. The second kappa shape index (κ2) is 1.09. The van der Waals surface area contributed by atoms with E-state index in [9.17, 15) is 0 Å². The summed E-state index contributed by atoms with van der Waals surface area (Å²) in [6.45, 7) is 4.95. The summed E-state index contributed by atoms with van der Waals surface area (Å²) in [5, 5.41) is 0. The Morgan fingerprint density at radius 2 is 2.25 bits per heavy atom. The lowest BCUT2D eigenvalue weighted by Crippen LogP contribution is -2.26. The molecule has 0 spiro atoms. The Labute approximate surface area is 48.8 Å². The molecule has 8 heavy (non-hydrogen) atoms. The van der Waals surface area contributed by atoms with Crippen molar-refractivity contribution in [1.82, 2.24) is 0 Å². The van der Waals surface area contributed by atoms with Crippen molar-refractivity contribution in [3.05, 3.63) is 0 Å². The summed E-state index contributed by atoms with van der Waals surface area (Å²) in [4.78, 5) is 0. The molecule has 2 aliphatic rings. The van der Waals surface area contributed by atoms with Gasteiger partial charge in [0.25, 0.3) is 0 Å². The number of hydrogen-bond acceptors (Lipinski definition) is 2. The van der Waals surface area contributed by atoms with Gasteiger partial charge >= 0.3 is 0 Å². The number of rotatable bonds is 0. The van der Waals surface area contributed by atoms with Gasteiger partial charge in [-0.1, -0.05) is 0 Å². The second-order valence-electron chi connectivity index (χ2n) is 3.01. The maximum absolute atomic E-state index is 5.38. The Kier molecular flexibility index (Phi) is 0.649. The van der Waals surface area contributed by atoms with E-state index in [1.54, 1.807) is 0 Å². The van der Waals surface area contributed by atoms with E-state index in [-0.39, 0.29) is 5.60 Å². The van der Waals surface area contributed by atoms with Crippen LogP contribution in [0.5, 0.6) is 0 Å². The second-order valence-corrected chi connectivity index (χ2v) is 3.01. The first-order valence-electron chi connectivity index (χ1n) is 2.99. The fraction of sp³-hybridized carbons (Fsp3) is 1.00. The van der Waals surface area contributed by atoms with Crippen molar-refractivity contribution in [3.8, 4) is 0 Å². The molecule has 0 aromatic heterocycles. The minimum atomic E-state index is 0.00463. The van der Waals surface area contributed by atoms with Crippen molar-refractivity contribution in [2.75, 3.05) is 6.61 Å². The van der Waals surface area contributed by atoms with Gasteiger partial charge in [-0.25, -0.2) is 0 Å². The zero-order chi connectivity index (χ0) is 5.78. The van der Waals surface area contributed by atoms with Gasteiger partial charge in [-0.15, -0.1) is 0 Å². The number of hydrogen-bond donors (Lipinski definition) is 0. The summed E-state index contributed by atoms with van der Waals surface area (Å²) in [5.41, 5.74) is 0.00463. The highest BCUT2D eigenvalue weighted by atomic mass is 16.7. The molecule has 2 rings (SSSR count). The highest BCUT2D eigenvalue weighted by Crippen LogP contribution is 2.41. The van der Waals surface area contributed by atoms with E-state index >= 15 is 0 Å². The molecular formula is C6H10O2. The number of ether oxygens (including phenoxy) is 2. The average molecular weight is 114 g/mol. The van der Waals surface area contributed by atoms with Gasteiger partial charge in [0.15, 0.2) is 0 Å².